The van der Waals surface area contributed by atoms with Crippen LogP contribution in [-0.2, 0) is 9.53 Å². The molecular formula is C13H27NO3. The minimum Gasteiger partial charge on any atom is -0.480 e. The van der Waals surface area contributed by atoms with Crippen molar-refractivity contribution in [2.75, 3.05) is 13.7 Å². The maximum atomic E-state index is 11.6. The molecule has 0 heterocycles. The predicted molar refractivity (Wildman–Crippen MR) is 69.3 cm³/mol. The number of hydrogen-bond donors (Lipinski definition) is 1. The molecule has 0 aromatic carbocycles. The van der Waals surface area contributed by atoms with Crippen LogP contribution in [0.1, 0.15) is 48.0 Å². The Morgan fingerprint density at radius 3 is 2.06 bits per heavy atom. The van der Waals surface area contributed by atoms with Crippen LogP contribution in [0.3, 0.4) is 0 Å². The fourth-order valence-electron chi connectivity index (χ4n) is 2.49. The van der Waals surface area contributed by atoms with Crippen molar-refractivity contribution in [2.45, 2.75) is 65.1 Å². The quantitative estimate of drug-likeness (QED) is 0.748. The molecule has 0 aliphatic rings. The van der Waals surface area contributed by atoms with Gasteiger partial charge in [-0.05, 0) is 41.2 Å². The van der Waals surface area contributed by atoms with E-state index in [1.807, 2.05) is 39.5 Å². The summed E-state index contributed by atoms with van der Waals surface area (Å²) in [5.74, 6) is -0.793. The highest BCUT2D eigenvalue weighted by molar-refractivity contribution is 5.78. The van der Waals surface area contributed by atoms with Crippen LogP contribution in [-0.4, -0.2) is 46.8 Å². The summed E-state index contributed by atoms with van der Waals surface area (Å²) in [4.78, 5) is 13.6. The first-order chi connectivity index (χ1) is 7.60. The van der Waals surface area contributed by atoms with Crippen molar-refractivity contribution in [1.82, 2.24) is 4.90 Å². The number of methoxy groups -OCH3 is 1. The SMILES string of the molecule is CCN(C(C)C)C(C)(CC(C)(C)OC)C(=O)O. The summed E-state index contributed by atoms with van der Waals surface area (Å²) in [6.45, 7) is 12.3. The molecular weight excluding hydrogens is 218 g/mol. The van der Waals surface area contributed by atoms with E-state index in [0.717, 1.165) is 0 Å². The number of aliphatic carboxylic acids is 1. The van der Waals surface area contributed by atoms with E-state index in [4.69, 9.17) is 4.74 Å². The number of ether oxygens (including phenoxy) is 1. The van der Waals surface area contributed by atoms with E-state index in [1.165, 1.54) is 0 Å². The molecule has 0 saturated carbocycles. The number of carboxylic acids is 1. The minimum atomic E-state index is -0.900. The number of likely N-dealkylation sites (N-methyl/N-ethyl adjacent to an activating group) is 1. The first-order valence-electron chi connectivity index (χ1n) is 6.16. The smallest absolute Gasteiger partial charge is 0.323 e. The third-order valence-electron chi connectivity index (χ3n) is 3.38. The molecule has 4 nitrogen and oxygen atoms in total. The van der Waals surface area contributed by atoms with Gasteiger partial charge >= 0.3 is 5.97 Å². The van der Waals surface area contributed by atoms with Crippen molar-refractivity contribution >= 4 is 5.97 Å². The molecule has 0 rings (SSSR count). The van der Waals surface area contributed by atoms with Crippen molar-refractivity contribution in [3.63, 3.8) is 0 Å². The van der Waals surface area contributed by atoms with Crippen LogP contribution >= 0.6 is 0 Å². The van der Waals surface area contributed by atoms with Gasteiger partial charge < -0.3 is 9.84 Å². The Labute approximate surface area is 105 Å². The molecule has 4 heteroatoms. The zero-order valence-electron chi connectivity index (χ0n) is 12.2. The zero-order chi connectivity index (χ0) is 13.9. The second kappa shape index (κ2) is 5.83. The summed E-state index contributed by atoms with van der Waals surface area (Å²) in [6.07, 6.45) is 0.456. The largest absolute Gasteiger partial charge is 0.480 e. The molecule has 0 aliphatic carbocycles. The maximum Gasteiger partial charge on any atom is 0.323 e. The second-order valence-corrected chi connectivity index (χ2v) is 5.60. The topological polar surface area (TPSA) is 49.8 Å². The number of nitrogens with zero attached hydrogens (tertiary/aromatic N) is 1. The van der Waals surface area contributed by atoms with Crippen LogP contribution in [0.4, 0.5) is 0 Å². The van der Waals surface area contributed by atoms with Crippen LogP contribution in [0.2, 0.25) is 0 Å². The van der Waals surface area contributed by atoms with Crippen LogP contribution in [0.5, 0.6) is 0 Å². The van der Waals surface area contributed by atoms with Crippen LogP contribution < -0.4 is 0 Å². The molecule has 0 aromatic rings. The van der Waals surface area contributed by atoms with Crippen LogP contribution in [0.15, 0.2) is 0 Å². The fourth-order valence-corrected chi connectivity index (χ4v) is 2.49. The fraction of sp³-hybridized carbons (Fsp3) is 0.923. The Bertz CT molecular complexity index is 263. The summed E-state index contributed by atoms with van der Waals surface area (Å²) >= 11 is 0. The summed E-state index contributed by atoms with van der Waals surface area (Å²) in [7, 11) is 1.62. The summed E-state index contributed by atoms with van der Waals surface area (Å²) in [5, 5.41) is 9.54. The Kier molecular flexibility index (Phi) is 5.62. The van der Waals surface area contributed by atoms with E-state index >= 15 is 0 Å². The van der Waals surface area contributed by atoms with Gasteiger partial charge in [-0.1, -0.05) is 6.92 Å². The standard InChI is InChI=1S/C13H27NO3/c1-8-14(10(2)3)13(6,11(15)16)9-12(4,5)17-7/h10H,8-9H2,1-7H3,(H,15,16). The molecule has 1 unspecified atom stereocenters. The highest BCUT2D eigenvalue weighted by Gasteiger charge is 2.44. The molecule has 0 aliphatic heterocycles. The van der Waals surface area contributed by atoms with Crippen molar-refractivity contribution < 1.29 is 14.6 Å². The summed E-state index contributed by atoms with van der Waals surface area (Å²) < 4.78 is 5.37. The van der Waals surface area contributed by atoms with Gasteiger partial charge in [-0.15, -0.1) is 0 Å². The third-order valence-corrected chi connectivity index (χ3v) is 3.38. The number of rotatable bonds is 7. The van der Waals surface area contributed by atoms with Gasteiger partial charge in [0, 0.05) is 19.6 Å². The van der Waals surface area contributed by atoms with Gasteiger partial charge in [0.15, 0.2) is 0 Å². The van der Waals surface area contributed by atoms with Crippen LogP contribution in [0.25, 0.3) is 0 Å². The molecule has 0 bridgehead atoms. The van der Waals surface area contributed by atoms with Crippen molar-refractivity contribution in [3.05, 3.63) is 0 Å². The number of carbonyl (C=O) groups is 1. The highest BCUT2D eigenvalue weighted by Crippen LogP contribution is 2.30. The first-order valence-corrected chi connectivity index (χ1v) is 6.16. The van der Waals surface area contributed by atoms with Gasteiger partial charge in [-0.2, -0.15) is 0 Å². The Morgan fingerprint density at radius 2 is 1.82 bits per heavy atom. The van der Waals surface area contributed by atoms with E-state index in [-0.39, 0.29) is 6.04 Å². The predicted octanol–water partition coefficient (Wildman–Crippen LogP) is 2.38. The molecule has 0 spiro atoms. The summed E-state index contributed by atoms with van der Waals surface area (Å²) in [5.41, 5.74) is -1.35. The molecule has 0 amide bonds. The van der Waals surface area contributed by atoms with E-state index in [2.05, 4.69) is 0 Å². The zero-order valence-corrected chi connectivity index (χ0v) is 12.2. The van der Waals surface area contributed by atoms with E-state index < -0.39 is 17.1 Å². The lowest BCUT2D eigenvalue weighted by Gasteiger charge is -2.43. The average Bonchev–Trinajstić information content (AvgIpc) is 2.17. The lowest BCUT2D eigenvalue weighted by Crippen LogP contribution is -2.58. The average molecular weight is 245 g/mol. The van der Waals surface area contributed by atoms with Crippen molar-refractivity contribution in [2.24, 2.45) is 0 Å². The van der Waals surface area contributed by atoms with Gasteiger partial charge in [0.25, 0.3) is 0 Å². The van der Waals surface area contributed by atoms with Crippen LogP contribution in [0, 0.1) is 0 Å². The molecule has 0 radical (unpaired) electrons. The van der Waals surface area contributed by atoms with E-state index in [1.54, 1.807) is 14.0 Å². The summed E-state index contributed by atoms with van der Waals surface area (Å²) in [6, 6.07) is 0.189. The van der Waals surface area contributed by atoms with Gasteiger partial charge in [-0.3, -0.25) is 9.69 Å². The molecule has 17 heavy (non-hydrogen) atoms. The molecule has 0 fully saturated rings. The second-order valence-electron chi connectivity index (χ2n) is 5.60. The van der Waals surface area contributed by atoms with Gasteiger partial charge in [0.1, 0.15) is 5.54 Å². The lowest BCUT2D eigenvalue weighted by molar-refractivity contribution is -0.157. The number of carboxylic acid groups (broad SMARTS) is 1. The lowest BCUT2D eigenvalue weighted by atomic mass is 9.85. The number of hydrogen-bond acceptors (Lipinski definition) is 3. The molecule has 1 atom stereocenters. The Balaban J connectivity index is 5.23. The Hall–Kier alpha value is -0.610. The van der Waals surface area contributed by atoms with E-state index in [9.17, 15) is 9.90 Å². The normalized spacial score (nSPS) is 16.3. The molecule has 0 saturated heterocycles. The molecule has 0 aromatic heterocycles. The van der Waals surface area contributed by atoms with Gasteiger partial charge in [-0.25, -0.2) is 0 Å². The van der Waals surface area contributed by atoms with Crippen molar-refractivity contribution in [1.29, 1.82) is 0 Å². The van der Waals surface area contributed by atoms with Gasteiger partial charge in [0.2, 0.25) is 0 Å². The Morgan fingerprint density at radius 1 is 1.35 bits per heavy atom. The van der Waals surface area contributed by atoms with Crippen molar-refractivity contribution in [3.8, 4) is 0 Å². The third kappa shape index (κ3) is 3.96. The monoisotopic (exact) mass is 245 g/mol. The highest BCUT2D eigenvalue weighted by atomic mass is 16.5. The molecule has 1 N–H and O–H groups in total. The van der Waals surface area contributed by atoms with Gasteiger partial charge in [0.05, 0.1) is 5.60 Å². The first kappa shape index (κ1) is 16.4. The van der Waals surface area contributed by atoms with E-state index in [0.29, 0.717) is 13.0 Å². The molecule has 102 valence electrons. The maximum absolute atomic E-state index is 11.6. The minimum absolute atomic E-state index is 0.189.